The number of hydrogen-bond acceptors (Lipinski definition) is 4. The summed E-state index contributed by atoms with van der Waals surface area (Å²) < 4.78 is 104. The van der Waals surface area contributed by atoms with Crippen molar-refractivity contribution in [1.29, 1.82) is 0 Å². The van der Waals surface area contributed by atoms with Gasteiger partial charge in [0, 0.05) is 66.7 Å². The SMILES string of the molecule is C/C=C/c1ccc2ccc(F)cc2c1.CCC#Cc1ccc2ccc(F)cc2c1.CCCCCn1cc(C)c2ccc(F)cc21.CCCCCn1ccc2ccc(F)cc21.CCCCn1ncc2ccc(F)cc21.CCCn1ncc2ccc(F)cc21.CCOc1n[nH]c2ccc(F)cc12. The Balaban J connectivity index is 0.000000149. The van der Waals surface area contributed by atoms with E-state index in [0.29, 0.717) is 17.9 Å². The summed E-state index contributed by atoms with van der Waals surface area (Å²) in [6.45, 7) is 20.7. The average Bonchev–Trinajstić information content (AvgIpc) is 1.58. The van der Waals surface area contributed by atoms with Gasteiger partial charge in [-0.15, -0.1) is 5.10 Å². The lowest BCUT2D eigenvalue weighted by Gasteiger charge is -2.04. The number of halogens is 7. The number of nitrogens with zero attached hydrogens (tertiary/aromatic N) is 7. The van der Waals surface area contributed by atoms with Crippen molar-refractivity contribution in [1.82, 2.24) is 38.9 Å². The van der Waals surface area contributed by atoms with Crippen LogP contribution in [-0.2, 0) is 26.2 Å². The highest BCUT2D eigenvalue weighted by atomic mass is 19.2. The number of ether oxygens (including phenoxy) is 1. The molecule has 0 aliphatic carbocycles. The van der Waals surface area contributed by atoms with E-state index in [9.17, 15) is 30.7 Å². The van der Waals surface area contributed by atoms with Crippen LogP contribution in [0.1, 0.15) is 129 Å². The Hall–Kier alpha value is -10.4. The summed E-state index contributed by atoms with van der Waals surface area (Å²) in [6, 6.07) is 47.5. The smallest absolute Gasteiger partial charge is 0.240 e. The van der Waals surface area contributed by atoms with Crippen LogP contribution in [0, 0.1) is 59.5 Å². The van der Waals surface area contributed by atoms with Crippen molar-refractivity contribution in [3.63, 3.8) is 0 Å². The summed E-state index contributed by atoms with van der Waals surface area (Å²) in [7, 11) is 0. The molecule has 9 aromatic carbocycles. The number of aryl methyl sites for hydroxylation is 5. The number of fused-ring (bicyclic) bond motifs is 7. The molecule has 0 saturated carbocycles. The van der Waals surface area contributed by atoms with E-state index in [1.165, 1.54) is 98.0 Å². The average molecular weight is 1360 g/mol. The molecular weight excluding hydrogens is 1270 g/mol. The molecule has 0 saturated heterocycles. The van der Waals surface area contributed by atoms with Gasteiger partial charge in [0.2, 0.25) is 5.88 Å². The first-order chi connectivity index (χ1) is 48.5. The molecule has 5 heterocycles. The third-order valence-corrected chi connectivity index (χ3v) is 16.3. The monoisotopic (exact) mass is 1360 g/mol. The lowest BCUT2D eigenvalue weighted by molar-refractivity contribution is 0.330. The summed E-state index contributed by atoms with van der Waals surface area (Å²) in [5.41, 5.74) is 7.84. The topological polar surface area (TPSA) is 83.4 Å². The lowest BCUT2D eigenvalue weighted by atomic mass is 10.1. The summed E-state index contributed by atoms with van der Waals surface area (Å²) >= 11 is 0. The molecule has 9 nitrogen and oxygen atoms in total. The molecule has 0 aliphatic rings. The molecule has 520 valence electrons. The Morgan fingerprint density at radius 1 is 0.440 bits per heavy atom. The minimum absolute atomic E-state index is 0.151. The molecule has 0 spiro atoms. The highest BCUT2D eigenvalue weighted by molar-refractivity contribution is 5.87. The molecule has 0 amide bonds. The van der Waals surface area contributed by atoms with Gasteiger partial charge in [0.05, 0.1) is 52.0 Å². The van der Waals surface area contributed by atoms with Crippen LogP contribution in [0.15, 0.2) is 201 Å². The zero-order chi connectivity index (χ0) is 71.3. The molecule has 0 aliphatic heterocycles. The molecule has 0 atom stereocenters. The Morgan fingerprint density at radius 2 is 0.950 bits per heavy atom. The van der Waals surface area contributed by atoms with Gasteiger partial charge in [-0.05, 0) is 224 Å². The second-order valence-corrected chi connectivity index (χ2v) is 24.1. The van der Waals surface area contributed by atoms with Crippen molar-refractivity contribution in [2.75, 3.05) is 6.61 Å². The highest BCUT2D eigenvalue weighted by Gasteiger charge is 2.10. The van der Waals surface area contributed by atoms with E-state index in [4.69, 9.17) is 4.74 Å². The molecule has 0 fully saturated rings. The third-order valence-electron chi connectivity index (χ3n) is 16.3. The number of H-pyrrole nitrogens is 1. The van der Waals surface area contributed by atoms with E-state index in [2.05, 4.69) is 82.2 Å². The van der Waals surface area contributed by atoms with Gasteiger partial charge in [-0.25, -0.2) is 30.7 Å². The normalized spacial score (nSPS) is 10.8. The van der Waals surface area contributed by atoms with E-state index in [0.717, 1.165) is 147 Å². The first-order valence-electron chi connectivity index (χ1n) is 34.5. The zero-order valence-corrected chi connectivity index (χ0v) is 58.4. The van der Waals surface area contributed by atoms with E-state index >= 15 is 0 Å². The third kappa shape index (κ3) is 21.8. The molecule has 14 aromatic rings. The van der Waals surface area contributed by atoms with Crippen LogP contribution >= 0.6 is 0 Å². The second kappa shape index (κ2) is 38.7. The number of nitrogens with one attached hydrogen (secondary N) is 1. The molecule has 5 aromatic heterocycles. The Kier molecular flexibility index (Phi) is 29.1. The quantitative estimate of drug-likeness (QED) is 0.0594. The fourth-order valence-electron chi connectivity index (χ4n) is 11.2. The van der Waals surface area contributed by atoms with Gasteiger partial charge in [0.15, 0.2) is 0 Å². The van der Waals surface area contributed by atoms with Crippen molar-refractivity contribution in [3.8, 4) is 17.7 Å². The zero-order valence-electron chi connectivity index (χ0n) is 58.4. The van der Waals surface area contributed by atoms with Crippen LogP contribution in [0.2, 0.25) is 0 Å². The largest absolute Gasteiger partial charge is 0.476 e. The molecule has 0 radical (unpaired) electrons. The number of benzene rings is 9. The van der Waals surface area contributed by atoms with Crippen LogP contribution in [0.4, 0.5) is 30.7 Å². The molecule has 0 unspecified atom stereocenters. The number of unbranched alkanes of at least 4 members (excludes halogenated alkanes) is 5. The van der Waals surface area contributed by atoms with Gasteiger partial charge in [-0.3, -0.25) is 14.5 Å². The van der Waals surface area contributed by atoms with Crippen molar-refractivity contribution >= 4 is 82.1 Å². The van der Waals surface area contributed by atoms with Crippen molar-refractivity contribution in [2.24, 2.45) is 0 Å². The van der Waals surface area contributed by atoms with Gasteiger partial charge < -0.3 is 13.9 Å². The van der Waals surface area contributed by atoms with Gasteiger partial charge in [0.1, 0.15) is 40.7 Å². The molecule has 16 heteroatoms. The van der Waals surface area contributed by atoms with Gasteiger partial charge in [0.25, 0.3) is 0 Å². The predicted molar refractivity (Wildman–Crippen MR) is 399 cm³/mol. The van der Waals surface area contributed by atoms with E-state index in [1.54, 1.807) is 60.9 Å². The standard InChI is InChI=1S/C14H18FN.C14H11F.C13H16FN.C13H11F.C11H13FN2.C10H11FN2.C9H9FN2O/c1-3-4-5-8-16-10-11(2)13-7-6-12(15)9-14(13)16;1-2-3-4-11-5-6-12-7-8-14(15)10-13(12)9-11;1-2-3-4-8-15-9-7-11-5-6-12(14)10-13(11)15;1-2-3-10-4-5-11-6-7-13(14)9-12(11)8-10;1-2-3-6-14-11-7-10(12)5-4-9(11)8-13-14;1-2-5-13-10-6-9(11)4-3-8(10)7-12-13;1-2-13-9-7-5-6(10)3-4-8(7)11-12-9/h6-7,9-10H,3-5,8H2,1-2H3;5-10H,2H2,1H3;5-7,9-10H,2-4,8H2,1H3;2-9H,1H3;4-5,7-8H,2-3,6H2,1H3;3-4,6-7H,2,5H2,1H3;3-5H,2H2,1H3,(H,11,12)/b;;;3-2+;;;. The first kappa shape index (κ1) is 75.4. The van der Waals surface area contributed by atoms with Crippen LogP contribution in [0.5, 0.6) is 5.88 Å². The van der Waals surface area contributed by atoms with Gasteiger partial charge >= 0.3 is 0 Å². The van der Waals surface area contributed by atoms with Crippen LogP contribution in [0.3, 0.4) is 0 Å². The molecule has 100 heavy (non-hydrogen) atoms. The molecule has 14 rings (SSSR count). The predicted octanol–water partition coefficient (Wildman–Crippen LogP) is 23.7. The van der Waals surface area contributed by atoms with Crippen LogP contribution in [0.25, 0.3) is 82.1 Å². The number of aromatic nitrogens is 8. The van der Waals surface area contributed by atoms with Crippen LogP contribution in [-0.4, -0.2) is 45.5 Å². The fraction of sp³-hybridized carbons (Fsp3) is 0.274. The van der Waals surface area contributed by atoms with Crippen molar-refractivity contribution < 1.29 is 35.5 Å². The van der Waals surface area contributed by atoms with E-state index < -0.39 is 0 Å². The summed E-state index contributed by atoms with van der Waals surface area (Å²) in [5.74, 6) is 5.11. The van der Waals surface area contributed by atoms with Crippen LogP contribution < -0.4 is 4.74 Å². The summed E-state index contributed by atoms with van der Waals surface area (Å²) in [6.07, 6.45) is 23.0. The van der Waals surface area contributed by atoms with E-state index in [-0.39, 0.29) is 40.7 Å². The molecule has 0 bridgehead atoms. The fourth-order valence-corrected chi connectivity index (χ4v) is 11.2. The Bertz CT molecular complexity index is 4910. The summed E-state index contributed by atoms with van der Waals surface area (Å²) in [5, 5.41) is 24.0. The Labute approximate surface area is 581 Å². The van der Waals surface area contributed by atoms with Gasteiger partial charge in [-0.1, -0.05) is 121 Å². The highest BCUT2D eigenvalue weighted by Crippen LogP contribution is 2.26. The number of allylic oxidation sites excluding steroid dienone is 1. The molecular formula is C84H89F7N8O. The van der Waals surface area contributed by atoms with Crippen molar-refractivity contribution in [2.45, 2.75) is 146 Å². The number of aromatic amines is 1. The maximum Gasteiger partial charge on any atom is 0.240 e. The number of rotatable bonds is 16. The first-order valence-corrected chi connectivity index (χ1v) is 34.5. The minimum atomic E-state index is -0.283. The molecule has 1 N–H and O–H groups in total. The second-order valence-electron chi connectivity index (χ2n) is 24.1. The lowest BCUT2D eigenvalue weighted by Crippen LogP contribution is -1.99. The summed E-state index contributed by atoms with van der Waals surface area (Å²) in [4.78, 5) is 0. The van der Waals surface area contributed by atoms with Gasteiger partial charge in [-0.2, -0.15) is 10.2 Å². The van der Waals surface area contributed by atoms with Crippen molar-refractivity contribution in [3.05, 3.63) is 258 Å². The number of hydrogen-bond donors (Lipinski definition) is 1. The Morgan fingerprint density at radius 3 is 1.54 bits per heavy atom. The minimum Gasteiger partial charge on any atom is -0.476 e. The maximum atomic E-state index is 13.2. The van der Waals surface area contributed by atoms with E-state index in [1.807, 2.05) is 103 Å². The maximum absolute atomic E-state index is 13.2.